The van der Waals surface area contributed by atoms with Crippen molar-refractivity contribution in [2.24, 2.45) is 4.99 Å². The molecule has 2 aromatic heterocycles. The molecular formula is C27H32N6OS. The first-order valence-electron chi connectivity index (χ1n) is 11.8. The highest BCUT2D eigenvalue weighted by Gasteiger charge is 2.28. The lowest BCUT2D eigenvalue weighted by Gasteiger charge is -2.25. The third-order valence-corrected chi connectivity index (χ3v) is 6.88. The fourth-order valence-corrected chi connectivity index (χ4v) is 5.11. The predicted molar refractivity (Wildman–Crippen MR) is 146 cm³/mol. The van der Waals surface area contributed by atoms with Crippen LogP contribution in [0.15, 0.2) is 77.3 Å². The lowest BCUT2D eigenvalue weighted by Crippen LogP contribution is -2.23. The number of nitrogens with zero attached hydrogens (tertiary/aromatic N) is 4. The molecule has 1 unspecified atom stereocenters. The summed E-state index contributed by atoms with van der Waals surface area (Å²) in [6.07, 6.45) is 9.45. The Morgan fingerprint density at radius 3 is 2.89 bits per heavy atom. The summed E-state index contributed by atoms with van der Waals surface area (Å²) in [6.45, 7) is 6.27. The van der Waals surface area contributed by atoms with Gasteiger partial charge in [-0.3, -0.25) is 15.1 Å². The van der Waals surface area contributed by atoms with Gasteiger partial charge in [0.1, 0.15) is 5.69 Å². The highest BCUT2D eigenvalue weighted by atomic mass is 32.1. The molecule has 1 amide bonds. The molecule has 1 aliphatic heterocycles. The number of anilines is 2. The Morgan fingerprint density at radius 2 is 2.14 bits per heavy atom. The van der Waals surface area contributed by atoms with Crippen molar-refractivity contribution in [2.45, 2.75) is 32.0 Å². The van der Waals surface area contributed by atoms with E-state index in [1.807, 2.05) is 36.0 Å². The fourth-order valence-electron chi connectivity index (χ4n) is 4.36. The number of amides is 1. The Bertz CT molecular complexity index is 1210. The number of aliphatic imine (C=N–C) groups is 1. The van der Waals surface area contributed by atoms with Crippen LogP contribution in [0.2, 0.25) is 0 Å². The molecule has 0 radical (unpaired) electrons. The number of thiazole rings is 1. The van der Waals surface area contributed by atoms with Gasteiger partial charge in [0.15, 0.2) is 5.13 Å². The monoisotopic (exact) mass is 488 g/mol. The molecule has 1 aromatic carbocycles. The van der Waals surface area contributed by atoms with Crippen LogP contribution >= 0.6 is 11.3 Å². The number of allylic oxidation sites excluding steroid dienone is 3. The zero-order chi connectivity index (χ0) is 24.6. The lowest BCUT2D eigenvalue weighted by molar-refractivity contribution is 0.101. The van der Waals surface area contributed by atoms with Gasteiger partial charge in [-0.2, -0.15) is 0 Å². The van der Waals surface area contributed by atoms with Gasteiger partial charge in [0.05, 0.1) is 11.7 Å². The van der Waals surface area contributed by atoms with E-state index in [0.29, 0.717) is 17.4 Å². The van der Waals surface area contributed by atoms with Crippen molar-refractivity contribution in [1.82, 2.24) is 14.9 Å². The number of hydrogen-bond acceptors (Lipinski definition) is 6. The molecule has 0 spiro atoms. The van der Waals surface area contributed by atoms with Gasteiger partial charge in [0.25, 0.3) is 5.91 Å². The second-order valence-corrected chi connectivity index (χ2v) is 9.31. The smallest absolute Gasteiger partial charge is 0.274 e. The van der Waals surface area contributed by atoms with Gasteiger partial charge in [0.2, 0.25) is 0 Å². The summed E-state index contributed by atoms with van der Waals surface area (Å²) < 4.78 is 1.90. The average molecular weight is 489 g/mol. The molecule has 3 heterocycles. The highest BCUT2D eigenvalue weighted by Crippen LogP contribution is 2.37. The number of carbonyl (C=O) groups excluding carboxylic acids is 1. The van der Waals surface area contributed by atoms with Crippen LogP contribution in [0.1, 0.15) is 40.6 Å². The third kappa shape index (κ3) is 5.96. The summed E-state index contributed by atoms with van der Waals surface area (Å²) in [4.78, 5) is 24.2. The van der Waals surface area contributed by atoms with E-state index in [4.69, 9.17) is 4.98 Å². The number of rotatable bonds is 10. The largest absolute Gasteiger partial charge is 0.363 e. The van der Waals surface area contributed by atoms with E-state index in [1.54, 1.807) is 19.3 Å². The first-order chi connectivity index (χ1) is 17.1. The average Bonchev–Trinajstić information content (AvgIpc) is 3.63. The summed E-state index contributed by atoms with van der Waals surface area (Å²) >= 11 is 1.47. The van der Waals surface area contributed by atoms with Gasteiger partial charge in [-0.05, 0) is 61.4 Å². The SMILES string of the molecule is C=C/C(=C\C=NC)Cn1cccc1C(=O)Nc1nc(C2CCCN2c2ccc(CNC)cc2)cs1. The van der Waals surface area contributed by atoms with E-state index in [1.165, 1.54) is 22.6 Å². The van der Waals surface area contributed by atoms with Crippen LogP contribution in [0.4, 0.5) is 10.8 Å². The summed E-state index contributed by atoms with van der Waals surface area (Å²) in [5.41, 5.74) is 5.03. The maximum absolute atomic E-state index is 13.0. The van der Waals surface area contributed by atoms with Crippen molar-refractivity contribution in [1.29, 1.82) is 0 Å². The predicted octanol–water partition coefficient (Wildman–Crippen LogP) is 5.07. The third-order valence-electron chi connectivity index (χ3n) is 6.10. The van der Waals surface area contributed by atoms with E-state index in [-0.39, 0.29) is 11.9 Å². The Hall–Kier alpha value is -3.49. The van der Waals surface area contributed by atoms with Gasteiger partial charge in [-0.25, -0.2) is 4.98 Å². The van der Waals surface area contributed by atoms with E-state index < -0.39 is 0 Å². The van der Waals surface area contributed by atoms with Crippen molar-refractivity contribution in [3.63, 3.8) is 0 Å². The Kier molecular flexibility index (Phi) is 8.28. The molecule has 182 valence electrons. The summed E-state index contributed by atoms with van der Waals surface area (Å²) in [7, 11) is 3.68. The van der Waals surface area contributed by atoms with Crippen molar-refractivity contribution >= 4 is 34.3 Å². The van der Waals surface area contributed by atoms with Crippen molar-refractivity contribution in [3.8, 4) is 0 Å². The number of aromatic nitrogens is 2. The maximum atomic E-state index is 13.0. The van der Waals surface area contributed by atoms with Crippen LogP contribution in [0.3, 0.4) is 0 Å². The van der Waals surface area contributed by atoms with Gasteiger partial charge in [-0.15, -0.1) is 11.3 Å². The topological polar surface area (TPSA) is 74.5 Å². The number of benzene rings is 1. The Balaban J connectivity index is 1.44. The number of nitrogens with one attached hydrogen (secondary N) is 2. The quantitative estimate of drug-likeness (QED) is 0.309. The lowest BCUT2D eigenvalue weighted by atomic mass is 10.1. The minimum absolute atomic E-state index is 0.174. The van der Waals surface area contributed by atoms with E-state index in [0.717, 1.165) is 37.2 Å². The fraction of sp³-hybridized carbons (Fsp3) is 0.296. The van der Waals surface area contributed by atoms with Crippen molar-refractivity contribution in [3.05, 3.63) is 89.2 Å². The molecule has 4 rings (SSSR count). The zero-order valence-electron chi connectivity index (χ0n) is 20.3. The molecule has 0 bridgehead atoms. The summed E-state index contributed by atoms with van der Waals surface area (Å²) in [6, 6.07) is 12.6. The van der Waals surface area contributed by atoms with Gasteiger partial charge in [-0.1, -0.05) is 24.8 Å². The molecule has 0 aliphatic carbocycles. The molecule has 1 aliphatic rings. The molecule has 2 N–H and O–H groups in total. The molecule has 3 aromatic rings. The maximum Gasteiger partial charge on any atom is 0.274 e. The molecule has 0 saturated carbocycles. The van der Waals surface area contributed by atoms with Crippen LogP contribution in [-0.2, 0) is 13.1 Å². The van der Waals surface area contributed by atoms with E-state index >= 15 is 0 Å². The zero-order valence-corrected chi connectivity index (χ0v) is 21.1. The second-order valence-electron chi connectivity index (χ2n) is 8.45. The standard InChI is InChI=1S/C27H32N6OS/c1-4-20(13-14-28-2)18-32-15-5-8-25(32)26(34)31-27-30-23(19-35-27)24-7-6-16-33(24)22-11-9-21(10-12-22)17-29-3/h4-5,8-15,19,24,29H,1,6-7,16-18H2,2-3H3,(H,30,31,34)/b20-13+,28-14?. The first-order valence-corrected chi connectivity index (χ1v) is 12.7. The van der Waals surface area contributed by atoms with Gasteiger partial charge < -0.3 is 14.8 Å². The highest BCUT2D eigenvalue weighted by molar-refractivity contribution is 7.14. The Morgan fingerprint density at radius 1 is 1.31 bits per heavy atom. The minimum atomic E-state index is -0.174. The molecule has 35 heavy (non-hydrogen) atoms. The van der Waals surface area contributed by atoms with Crippen LogP contribution in [0, 0.1) is 0 Å². The molecule has 1 saturated heterocycles. The summed E-state index contributed by atoms with van der Waals surface area (Å²) in [5, 5.41) is 8.86. The number of carbonyl (C=O) groups is 1. The van der Waals surface area contributed by atoms with Crippen LogP contribution in [0.5, 0.6) is 0 Å². The summed E-state index contributed by atoms with van der Waals surface area (Å²) in [5.74, 6) is -0.174. The Labute approximate surface area is 210 Å². The van der Waals surface area contributed by atoms with E-state index in [9.17, 15) is 4.79 Å². The molecule has 7 nitrogen and oxygen atoms in total. The molecular weight excluding hydrogens is 456 g/mol. The number of hydrogen-bond donors (Lipinski definition) is 2. The van der Waals surface area contributed by atoms with Crippen LogP contribution in [-0.4, -0.2) is 42.3 Å². The second kappa shape index (κ2) is 11.8. The molecule has 1 atom stereocenters. The van der Waals surface area contributed by atoms with Crippen LogP contribution in [0.25, 0.3) is 0 Å². The normalized spacial score (nSPS) is 16.2. The van der Waals surface area contributed by atoms with E-state index in [2.05, 4.69) is 56.8 Å². The first kappa shape index (κ1) is 24.6. The van der Waals surface area contributed by atoms with Crippen molar-refractivity contribution < 1.29 is 4.79 Å². The van der Waals surface area contributed by atoms with Crippen molar-refractivity contribution in [2.75, 3.05) is 30.9 Å². The van der Waals surface area contributed by atoms with Gasteiger partial charge >= 0.3 is 0 Å². The van der Waals surface area contributed by atoms with Crippen LogP contribution < -0.4 is 15.5 Å². The minimum Gasteiger partial charge on any atom is -0.363 e. The van der Waals surface area contributed by atoms with Gasteiger partial charge in [0, 0.05) is 50.2 Å². The molecule has 8 heteroatoms. The molecule has 1 fully saturated rings.